The fourth-order valence-electron chi connectivity index (χ4n) is 3.57. The average Bonchev–Trinajstić information content (AvgIpc) is 2.73. The third-order valence-corrected chi connectivity index (χ3v) is 4.98. The van der Waals surface area contributed by atoms with Crippen LogP contribution in [0, 0.1) is 12.8 Å². The van der Waals surface area contributed by atoms with Gasteiger partial charge in [-0.1, -0.05) is 67.9 Å². The predicted octanol–water partition coefficient (Wildman–Crippen LogP) is 5.54. The van der Waals surface area contributed by atoms with E-state index in [2.05, 4.69) is 0 Å². The van der Waals surface area contributed by atoms with Crippen molar-refractivity contribution >= 4 is 11.9 Å². The van der Waals surface area contributed by atoms with Crippen LogP contribution in [0.1, 0.15) is 35.3 Å². The first-order chi connectivity index (χ1) is 14.8. The van der Waals surface area contributed by atoms with Crippen molar-refractivity contribution in [2.75, 3.05) is 0 Å². The van der Waals surface area contributed by atoms with Gasteiger partial charge in [0.2, 0.25) is 0 Å². The zero-order valence-corrected chi connectivity index (χ0v) is 18.0. The maximum absolute atomic E-state index is 13.5. The number of ether oxygens (including phenoxy) is 1. The van der Waals surface area contributed by atoms with Gasteiger partial charge in [-0.25, -0.2) is 4.79 Å². The fraction of sp³-hybridized carbons (Fsp3) is 0.231. The minimum Gasteiger partial charge on any atom is -0.480 e. The Bertz CT molecular complexity index is 1050. The summed E-state index contributed by atoms with van der Waals surface area (Å²) >= 11 is 0. The molecule has 3 aromatic rings. The minimum atomic E-state index is -1.02. The molecule has 1 amide bonds. The number of hydrogen-bond donors (Lipinski definition) is 1. The maximum atomic E-state index is 13.5. The number of carboxylic acids is 1. The van der Waals surface area contributed by atoms with Gasteiger partial charge in [-0.15, -0.1) is 0 Å². The molecule has 0 aliphatic rings. The van der Waals surface area contributed by atoms with E-state index in [1.807, 2.05) is 75.4 Å². The van der Waals surface area contributed by atoms with Crippen LogP contribution in [0.4, 0.5) is 0 Å². The molecule has 5 heteroatoms. The number of aliphatic carboxylic acids is 1. The smallest absolute Gasteiger partial charge is 0.326 e. The molecule has 0 aliphatic carbocycles. The molecule has 5 nitrogen and oxygen atoms in total. The number of rotatable bonds is 8. The van der Waals surface area contributed by atoms with Crippen LogP contribution in [0.3, 0.4) is 0 Å². The van der Waals surface area contributed by atoms with Crippen molar-refractivity contribution in [2.24, 2.45) is 5.92 Å². The fourth-order valence-corrected chi connectivity index (χ4v) is 3.57. The van der Waals surface area contributed by atoms with E-state index >= 15 is 0 Å². The Kier molecular flexibility index (Phi) is 7.08. The highest BCUT2D eigenvalue weighted by Crippen LogP contribution is 2.25. The highest BCUT2D eigenvalue weighted by Gasteiger charge is 2.33. The quantitative estimate of drug-likeness (QED) is 0.523. The van der Waals surface area contributed by atoms with Crippen LogP contribution >= 0.6 is 0 Å². The Hall–Kier alpha value is -3.60. The van der Waals surface area contributed by atoms with Gasteiger partial charge < -0.3 is 14.7 Å². The van der Waals surface area contributed by atoms with Crippen LogP contribution in [0.15, 0.2) is 78.9 Å². The Morgan fingerprint density at radius 3 is 2.23 bits per heavy atom. The first-order valence-electron chi connectivity index (χ1n) is 10.3. The van der Waals surface area contributed by atoms with Crippen LogP contribution in [-0.4, -0.2) is 27.9 Å². The molecular formula is C26H27NO4. The summed E-state index contributed by atoms with van der Waals surface area (Å²) in [4.78, 5) is 27.0. The first-order valence-corrected chi connectivity index (χ1v) is 10.3. The Balaban J connectivity index is 1.93. The second-order valence-corrected chi connectivity index (χ2v) is 7.89. The second-order valence-electron chi connectivity index (χ2n) is 7.89. The van der Waals surface area contributed by atoms with Crippen LogP contribution in [-0.2, 0) is 11.3 Å². The molecule has 0 spiro atoms. The van der Waals surface area contributed by atoms with Crippen LogP contribution in [0.5, 0.6) is 11.5 Å². The molecule has 0 fully saturated rings. The summed E-state index contributed by atoms with van der Waals surface area (Å²) in [6, 6.07) is 22.9. The summed E-state index contributed by atoms with van der Waals surface area (Å²) < 4.78 is 5.85. The standard InChI is InChI=1S/C26H27NO4/c1-18(2)24(26(29)30)27(17-20-10-7-9-19(3)15-20)25(28)21-11-8-14-23(16-21)31-22-12-5-4-6-13-22/h4-16,18,24H,17H2,1-3H3,(H,29,30). The number of benzene rings is 3. The summed E-state index contributed by atoms with van der Waals surface area (Å²) in [5.41, 5.74) is 2.32. The van der Waals surface area contributed by atoms with E-state index in [4.69, 9.17) is 4.74 Å². The van der Waals surface area contributed by atoms with Gasteiger partial charge in [0.05, 0.1) is 0 Å². The van der Waals surface area contributed by atoms with Gasteiger partial charge in [0.1, 0.15) is 17.5 Å². The second kappa shape index (κ2) is 9.94. The number of hydrogen-bond acceptors (Lipinski definition) is 3. The molecule has 0 bridgehead atoms. The Labute approximate surface area is 182 Å². The largest absolute Gasteiger partial charge is 0.480 e. The van der Waals surface area contributed by atoms with E-state index < -0.39 is 12.0 Å². The molecule has 0 saturated heterocycles. The summed E-state index contributed by atoms with van der Waals surface area (Å²) in [7, 11) is 0. The van der Waals surface area contributed by atoms with Crippen molar-refractivity contribution in [1.82, 2.24) is 4.90 Å². The monoisotopic (exact) mass is 417 g/mol. The van der Waals surface area contributed by atoms with Gasteiger partial charge >= 0.3 is 5.97 Å². The molecule has 160 valence electrons. The molecule has 1 atom stereocenters. The van der Waals surface area contributed by atoms with Crippen LogP contribution in [0.25, 0.3) is 0 Å². The summed E-state index contributed by atoms with van der Waals surface area (Å²) in [5, 5.41) is 9.87. The SMILES string of the molecule is Cc1cccc(CN(C(=O)c2cccc(Oc3ccccc3)c2)C(C(=O)O)C(C)C)c1. The molecule has 0 heterocycles. The van der Waals surface area contributed by atoms with Crippen molar-refractivity contribution < 1.29 is 19.4 Å². The molecule has 0 radical (unpaired) electrons. The lowest BCUT2D eigenvalue weighted by Crippen LogP contribution is -2.47. The van der Waals surface area contributed by atoms with Gasteiger partial charge in [0.25, 0.3) is 5.91 Å². The number of nitrogens with zero attached hydrogens (tertiary/aromatic N) is 1. The molecule has 1 unspecified atom stereocenters. The normalized spacial score (nSPS) is 11.7. The highest BCUT2D eigenvalue weighted by atomic mass is 16.5. The topological polar surface area (TPSA) is 66.8 Å². The summed E-state index contributed by atoms with van der Waals surface area (Å²) in [5.74, 6) is -0.442. The van der Waals surface area contributed by atoms with Crippen molar-refractivity contribution in [2.45, 2.75) is 33.4 Å². The zero-order valence-electron chi connectivity index (χ0n) is 18.0. The van der Waals surface area contributed by atoms with Gasteiger partial charge in [0, 0.05) is 12.1 Å². The molecule has 0 saturated carbocycles. The van der Waals surface area contributed by atoms with E-state index in [0.29, 0.717) is 17.1 Å². The van der Waals surface area contributed by atoms with Crippen molar-refractivity contribution in [3.63, 3.8) is 0 Å². The molecule has 3 aromatic carbocycles. The number of para-hydroxylation sites is 1. The molecular weight excluding hydrogens is 390 g/mol. The molecule has 1 N–H and O–H groups in total. The molecule has 0 aliphatic heterocycles. The Morgan fingerprint density at radius 2 is 1.58 bits per heavy atom. The Morgan fingerprint density at radius 1 is 0.903 bits per heavy atom. The molecule has 0 aromatic heterocycles. The van der Waals surface area contributed by atoms with E-state index in [0.717, 1.165) is 11.1 Å². The third-order valence-electron chi connectivity index (χ3n) is 4.98. The van der Waals surface area contributed by atoms with Crippen molar-refractivity contribution in [3.8, 4) is 11.5 Å². The maximum Gasteiger partial charge on any atom is 0.326 e. The van der Waals surface area contributed by atoms with E-state index in [1.165, 1.54) is 4.90 Å². The van der Waals surface area contributed by atoms with Gasteiger partial charge in [0.15, 0.2) is 0 Å². The van der Waals surface area contributed by atoms with Gasteiger partial charge in [-0.2, -0.15) is 0 Å². The van der Waals surface area contributed by atoms with Crippen molar-refractivity contribution in [1.29, 1.82) is 0 Å². The number of carbonyl (C=O) groups excluding carboxylic acids is 1. The van der Waals surface area contributed by atoms with Crippen molar-refractivity contribution in [3.05, 3.63) is 95.6 Å². The van der Waals surface area contributed by atoms with E-state index in [-0.39, 0.29) is 18.4 Å². The summed E-state index contributed by atoms with van der Waals surface area (Å²) in [6.45, 7) is 5.80. The van der Waals surface area contributed by atoms with Crippen LogP contribution in [0.2, 0.25) is 0 Å². The lowest BCUT2D eigenvalue weighted by molar-refractivity contribution is -0.144. The number of aryl methyl sites for hydroxylation is 1. The van der Waals surface area contributed by atoms with E-state index in [9.17, 15) is 14.7 Å². The first kappa shape index (κ1) is 22.1. The van der Waals surface area contributed by atoms with Crippen LogP contribution < -0.4 is 4.74 Å². The number of amides is 1. The predicted molar refractivity (Wildman–Crippen MR) is 120 cm³/mol. The minimum absolute atomic E-state index is 0.208. The lowest BCUT2D eigenvalue weighted by Gasteiger charge is -2.32. The number of carbonyl (C=O) groups is 2. The highest BCUT2D eigenvalue weighted by molar-refractivity contribution is 5.97. The number of carboxylic acid groups (broad SMARTS) is 1. The van der Waals surface area contributed by atoms with E-state index in [1.54, 1.807) is 24.3 Å². The lowest BCUT2D eigenvalue weighted by atomic mass is 10.00. The van der Waals surface area contributed by atoms with Gasteiger partial charge in [-0.3, -0.25) is 4.79 Å². The average molecular weight is 418 g/mol. The molecule has 31 heavy (non-hydrogen) atoms. The third kappa shape index (κ3) is 5.72. The molecule has 3 rings (SSSR count). The zero-order chi connectivity index (χ0) is 22.4. The van der Waals surface area contributed by atoms with Gasteiger partial charge in [-0.05, 0) is 48.7 Å². The summed E-state index contributed by atoms with van der Waals surface area (Å²) in [6.07, 6.45) is 0.